The van der Waals surface area contributed by atoms with Gasteiger partial charge in [-0.3, -0.25) is 0 Å². The van der Waals surface area contributed by atoms with Crippen LogP contribution in [-0.2, 0) is 6.61 Å². The molecule has 3 nitrogen and oxygen atoms in total. The van der Waals surface area contributed by atoms with Gasteiger partial charge in [0, 0.05) is 12.2 Å². The Bertz CT molecular complexity index is 399. The molecule has 18 heavy (non-hydrogen) atoms. The molecule has 0 bridgehead atoms. The van der Waals surface area contributed by atoms with E-state index in [0.29, 0.717) is 11.5 Å². The van der Waals surface area contributed by atoms with Crippen LogP contribution in [0.15, 0.2) is 24.8 Å². The highest BCUT2D eigenvalue weighted by Crippen LogP contribution is 2.28. The van der Waals surface area contributed by atoms with Crippen LogP contribution in [0.3, 0.4) is 0 Å². The van der Waals surface area contributed by atoms with Crippen LogP contribution in [0.4, 0.5) is 0 Å². The van der Waals surface area contributed by atoms with Crippen molar-refractivity contribution in [1.29, 1.82) is 0 Å². The number of hydrogen-bond donors (Lipinski definition) is 3. The van der Waals surface area contributed by atoms with Gasteiger partial charge in [-0.1, -0.05) is 25.6 Å². The van der Waals surface area contributed by atoms with Gasteiger partial charge in [-0.05, 0) is 42.4 Å². The van der Waals surface area contributed by atoms with Crippen LogP contribution >= 0.6 is 0 Å². The Hall–Kier alpha value is -1.32. The molecule has 0 unspecified atom stereocenters. The number of hydrogen-bond acceptors (Lipinski definition) is 3. The lowest BCUT2D eigenvalue weighted by molar-refractivity contribution is 0.228. The van der Waals surface area contributed by atoms with Crippen molar-refractivity contribution in [3.05, 3.63) is 35.9 Å². The first-order chi connectivity index (χ1) is 8.58. The van der Waals surface area contributed by atoms with E-state index >= 15 is 0 Å². The molecule has 3 heteroatoms. The summed E-state index contributed by atoms with van der Waals surface area (Å²) < 4.78 is 0. The molecule has 0 amide bonds. The van der Waals surface area contributed by atoms with Crippen molar-refractivity contribution in [2.24, 2.45) is 5.92 Å². The summed E-state index contributed by atoms with van der Waals surface area (Å²) in [6, 6.07) is 5.14. The predicted octanol–water partition coefficient (Wildman–Crippen LogP) is 2.70. The van der Waals surface area contributed by atoms with Crippen molar-refractivity contribution in [2.45, 2.75) is 32.8 Å². The van der Waals surface area contributed by atoms with E-state index in [0.717, 1.165) is 30.4 Å². The lowest BCUT2D eigenvalue weighted by atomic mass is 9.97. The molecule has 0 aromatic heterocycles. The normalized spacial score (nSPS) is 12.4. The number of rotatable bonds is 7. The van der Waals surface area contributed by atoms with Gasteiger partial charge in [-0.2, -0.15) is 0 Å². The Balaban J connectivity index is 2.56. The van der Waals surface area contributed by atoms with Gasteiger partial charge in [0.05, 0.1) is 6.61 Å². The van der Waals surface area contributed by atoms with Crippen LogP contribution in [0.5, 0.6) is 5.75 Å². The van der Waals surface area contributed by atoms with E-state index in [1.165, 1.54) is 0 Å². The second kappa shape index (κ2) is 7.19. The number of benzene rings is 1. The number of aliphatic hydroxyl groups is 2. The number of aliphatic hydroxyl groups excluding tert-OH is 2. The van der Waals surface area contributed by atoms with E-state index in [1.807, 2.05) is 6.92 Å². The van der Waals surface area contributed by atoms with Crippen molar-refractivity contribution in [1.82, 2.24) is 0 Å². The van der Waals surface area contributed by atoms with E-state index in [9.17, 15) is 5.11 Å². The molecule has 0 heterocycles. The maximum absolute atomic E-state index is 9.84. The second-order valence-electron chi connectivity index (χ2n) is 4.79. The summed E-state index contributed by atoms with van der Waals surface area (Å²) in [4.78, 5) is 0. The number of phenols is 1. The Kier molecular flexibility index (Phi) is 5.89. The van der Waals surface area contributed by atoms with Crippen LogP contribution in [0.25, 0.3) is 5.57 Å². The van der Waals surface area contributed by atoms with Gasteiger partial charge in [0.25, 0.3) is 0 Å². The minimum Gasteiger partial charge on any atom is -0.507 e. The zero-order valence-corrected chi connectivity index (χ0v) is 10.9. The average molecular weight is 250 g/mol. The topological polar surface area (TPSA) is 60.7 Å². The molecule has 0 spiro atoms. The fraction of sp³-hybridized carbons (Fsp3) is 0.467. The quantitative estimate of drug-likeness (QED) is 0.697. The summed E-state index contributed by atoms with van der Waals surface area (Å²) in [6.45, 7) is 6.13. The van der Waals surface area contributed by atoms with Crippen LogP contribution in [0.1, 0.15) is 37.3 Å². The van der Waals surface area contributed by atoms with Crippen LogP contribution < -0.4 is 0 Å². The van der Waals surface area contributed by atoms with E-state index in [4.69, 9.17) is 10.2 Å². The summed E-state index contributed by atoms with van der Waals surface area (Å²) in [6.07, 6.45) is 2.70. The molecular formula is C15H22O3. The second-order valence-corrected chi connectivity index (χ2v) is 4.79. The molecule has 1 aromatic carbocycles. The Morgan fingerprint density at radius 2 is 2.06 bits per heavy atom. The maximum Gasteiger partial charge on any atom is 0.123 e. The van der Waals surface area contributed by atoms with Gasteiger partial charge in [0.15, 0.2) is 0 Å². The lowest BCUT2D eigenvalue weighted by Gasteiger charge is -2.11. The fourth-order valence-corrected chi connectivity index (χ4v) is 1.86. The highest BCUT2D eigenvalue weighted by molar-refractivity contribution is 5.68. The summed E-state index contributed by atoms with van der Waals surface area (Å²) >= 11 is 0. The van der Waals surface area contributed by atoms with E-state index in [1.54, 1.807) is 18.2 Å². The Morgan fingerprint density at radius 3 is 2.61 bits per heavy atom. The Labute approximate surface area is 108 Å². The van der Waals surface area contributed by atoms with Gasteiger partial charge in [0.1, 0.15) is 5.75 Å². The predicted molar refractivity (Wildman–Crippen MR) is 73.2 cm³/mol. The van der Waals surface area contributed by atoms with Crippen molar-refractivity contribution >= 4 is 5.57 Å². The number of allylic oxidation sites excluding steroid dienone is 1. The van der Waals surface area contributed by atoms with E-state index < -0.39 is 0 Å². The molecule has 0 aliphatic carbocycles. The van der Waals surface area contributed by atoms with Crippen LogP contribution in [0, 0.1) is 5.92 Å². The average Bonchev–Trinajstić information content (AvgIpc) is 2.37. The van der Waals surface area contributed by atoms with Gasteiger partial charge in [-0.25, -0.2) is 0 Å². The van der Waals surface area contributed by atoms with Gasteiger partial charge < -0.3 is 15.3 Å². The smallest absolute Gasteiger partial charge is 0.123 e. The molecule has 1 atom stereocenters. The molecule has 0 radical (unpaired) electrons. The molecule has 1 aromatic rings. The molecule has 1 rings (SSSR count). The molecule has 0 saturated carbocycles. The SMILES string of the molecule is C=C(CCC[C@H](C)CO)c1ccc(CO)cc1O. The first-order valence-corrected chi connectivity index (χ1v) is 6.30. The zero-order valence-electron chi connectivity index (χ0n) is 10.9. The minimum atomic E-state index is -0.0751. The first kappa shape index (κ1) is 14.7. The highest BCUT2D eigenvalue weighted by atomic mass is 16.3. The van der Waals surface area contributed by atoms with Crippen LogP contribution in [0.2, 0.25) is 0 Å². The molecular weight excluding hydrogens is 228 g/mol. The largest absolute Gasteiger partial charge is 0.507 e. The maximum atomic E-state index is 9.84. The van der Waals surface area contributed by atoms with Gasteiger partial charge in [0.2, 0.25) is 0 Å². The molecule has 0 saturated heterocycles. The zero-order chi connectivity index (χ0) is 13.5. The third kappa shape index (κ3) is 4.17. The van der Waals surface area contributed by atoms with Crippen molar-refractivity contribution < 1.29 is 15.3 Å². The molecule has 0 aliphatic heterocycles. The third-order valence-corrected chi connectivity index (χ3v) is 3.11. The lowest BCUT2D eigenvalue weighted by Crippen LogP contribution is -2.00. The minimum absolute atomic E-state index is 0.0751. The summed E-state index contributed by atoms with van der Waals surface area (Å²) in [7, 11) is 0. The Morgan fingerprint density at radius 1 is 1.33 bits per heavy atom. The van der Waals surface area contributed by atoms with Gasteiger partial charge in [-0.15, -0.1) is 0 Å². The monoisotopic (exact) mass is 250 g/mol. The standard InChI is InChI=1S/C15H22O3/c1-11(9-16)4-3-5-12(2)14-7-6-13(10-17)8-15(14)18/h6-8,11,16-18H,2-5,9-10H2,1H3/t11-/m0/s1. The van der Waals surface area contributed by atoms with Crippen molar-refractivity contribution in [2.75, 3.05) is 6.61 Å². The van der Waals surface area contributed by atoms with Crippen molar-refractivity contribution in [3.63, 3.8) is 0 Å². The molecule has 3 N–H and O–H groups in total. The van der Waals surface area contributed by atoms with E-state index in [2.05, 4.69) is 6.58 Å². The number of aromatic hydroxyl groups is 1. The first-order valence-electron chi connectivity index (χ1n) is 6.30. The number of phenolic OH excluding ortho intramolecular Hbond substituents is 1. The van der Waals surface area contributed by atoms with Crippen molar-refractivity contribution in [3.8, 4) is 5.75 Å². The fourth-order valence-electron chi connectivity index (χ4n) is 1.86. The molecule has 0 aliphatic rings. The highest BCUT2D eigenvalue weighted by Gasteiger charge is 2.07. The van der Waals surface area contributed by atoms with Gasteiger partial charge >= 0.3 is 0 Å². The summed E-state index contributed by atoms with van der Waals surface area (Å²) in [5, 5.41) is 27.7. The molecule has 100 valence electrons. The van der Waals surface area contributed by atoms with Crippen LogP contribution in [-0.4, -0.2) is 21.9 Å². The van der Waals surface area contributed by atoms with E-state index in [-0.39, 0.29) is 19.0 Å². The third-order valence-electron chi connectivity index (χ3n) is 3.11. The summed E-state index contributed by atoms with van der Waals surface area (Å²) in [5.41, 5.74) is 2.32. The molecule has 0 fully saturated rings. The summed E-state index contributed by atoms with van der Waals surface area (Å²) in [5.74, 6) is 0.477.